The van der Waals surface area contributed by atoms with Crippen LogP contribution in [0.25, 0.3) is 0 Å². The minimum atomic E-state index is -0.621. The topological polar surface area (TPSA) is 58.6 Å². The molecule has 0 heterocycles. The maximum Gasteiger partial charge on any atom is 0.261 e. The van der Waals surface area contributed by atoms with Gasteiger partial charge in [0.15, 0.2) is 6.61 Å². The lowest BCUT2D eigenvalue weighted by molar-refractivity contribution is -0.142. The van der Waals surface area contributed by atoms with Crippen LogP contribution < -0.4 is 10.1 Å². The van der Waals surface area contributed by atoms with Crippen molar-refractivity contribution in [2.24, 2.45) is 0 Å². The van der Waals surface area contributed by atoms with Gasteiger partial charge >= 0.3 is 0 Å². The molecule has 2 aromatic rings. The van der Waals surface area contributed by atoms with E-state index in [9.17, 15) is 9.59 Å². The van der Waals surface area contributed by atoms with Gasteiger partial charge in [-0.05, 0) is 59.2 Å². The van der Waals surface area contributed by atoms with Crippen LogP contribution in [0.3, 0.4) is 0 Å². The summed E-state index contributed by atoms with van der Waals surface area (Å²) >= 11 is 0. The number of carbonyl (C=O) groups is 2. The lowest BCUT2D eigenvalue weighted by Crippen LogP contribution is -2.53. The second kappa shape index (κ2) is 9.59. The summed E-state index contributed by atoms with van der Waals surface area (Å²) in [4.78, 5) is 27.3. The van der Waals surface area contributed by atoms with E-state index in [1.165, 1.54) is 0 Å². The zero-order valence-corrected chi connectivity index (χ0v) is 18.3. The fourth-order valence-corrected chi connectivity index (χ4v) is 2.93. The Morgan fingerprint density at radius 3 is 2.28 bits per heavy atom. The summed E-state index contributed by atoms with van der Waals surface area (Å²) in [5.74, 6) is 0.212. The fourth-order valence-electron chi connectivity index (χ4n) is 2.93. The maximum atomic E-state index is 13.0. The molecule has 0 aliphatic heterocycles. The maximum absolute atomic E-state index is 13.0. The summed E-state index contributed by atoms with van der Waals surface area (Å²) in [6.07, 6.45) is 0. The Labute approximate surface area is 174 Å². The van der Waals surface area contributed by atoms with Crippen molar-refractivity contribution in [1.29, 1.82) is 0 Å². The first-order valence-electron chi connectivity index (χ1n) is 9.91. The average Bonchev–Trinajstić information content (AvgIpc) is 2.63. The lowest BCUT2D eigenvalue weighted by atomic mass is 10.1. The van der Waals surface area contributed by atoms with Gasteiger partial charge < -0.3 is 15.0 Å². The number of hydrogen-bond acceptors (Lipinski definition) is 3. The molecule has 0 saturated heterocycles. The Morgan fingerprint density at radius 1 is 1.03 bits per heavy atom. The van der Waals surface area contributed by atoms with Gasteiger partial charge in [0.1, 0.15) is 11.8 Å². The van der Waals surface area contributed by atoms with Crippen LogP contribution in [0.15, 0.2) is 48.5 Å². The molecule has 156 valence electrons. The van der Waals surface area contributed by atoms with Crippen molar-refractivity contribution < 1.29 is 14.3 Å². The number of ether oxygens (including phenoxy) is 1. The SMILES string of the molecule is Cc1ccc(OCC(=O)N(Cc2cccc(C)c2)[C@@H](C)C(=O)NC(C)(C)C)cc1. The molecule has 2 rings (SSSR count). The molecule has 5 nitrogen and oxygen atoms in total. The summed E-state index contributed by atoms with van der Waals surface area (Å²) in [5.41, 5.74) is 2.83. The highest BCUT2D eigenvalue weighted by atomic mass is 16.5. The second-order valence-electron chi connectivity index (χ2n) is 8.53. The molecule has 0 spiro atoms. The van der Waals surface area contributed by atoms with Crippen molar-refractivity contribution in [1.82, 2.24) is 10.2 Å². The minimum Gasteiger partial charge on any atom is -0.484 e. The van der Waals surface area contributed by atoms with Crippen molar-refractivity contribution in [2.75, 3.05) is 6.61 Å². The van der Waals surface area contributed by atoms with Crippen LogP contribution in [0.1, 0.15) is 44.4 Å². The minimum absolute atomic E-state index is 0.123. The molecular weight excluding hydrogens is 364 g/mol. The summed E-state index contributed by atoms with van der Waals surface area (Å²) in [7, 11) is 0. The molecule has 29 heavy (non-hydrogen) atoms. The van der Waals surface area contributed by atoms with Gasteiger partial charge in [-0.1, -0.05) is 47.5 Å². The van der Waals surface area contributed by atoms with E-state index in [1.54, 1.807) is 11.8 Å². The third kappa shape index (κ3) is 7.26. The molecule has 0 unspecified atom stereocenters. The highest BCUT2D eigenvalue weighted by Gasteiger charge is 2.28. The Kier molecular flexibility index (Phi) is 7.43. The molecule has 0 radical (unpaired) electrons. The molecule has 0 saturated carbocycles. The predicted octanol–water partition coefficient (Wildman–Crippen LogP) is 4.01. The Bertz CT molecular complexity index is 838. The van der Waals surface area contributed by atoms with Gasteiger partial charge in [0, 0.05) is 12.1 Å². The smallest absolute Gasteiger partial charge is 0.261 e. The van der Waals surface area contributed by atoms with Gasteiger partial charge in [0.05, 0.1) is 0 Å². The first-order chi connectivity index (χ1) is 13.5. The predicted molar refractivity (Wildman–Crippen MR) is 116 cm³/mol. The molecule has 0 aliphatic rings. The van der Waals surface area contributed by atoms with Crippen molar-refractivity contribution in [3.8, 4) is 5.75 Å². The number of amides is 2. The molecule has 1 atom stereocenters. The van der Waals surface area contributed by atoms with Gasteiger partial charge in [-0.3, -0.25) is 9.59 Å². The lowest BCUT2D eigenvalue weighted by Gasteiger charge is -2.31. The highest BCUT2D eigenvalue weighted by molar-refractivity contribution is 5.88. The number of rotatable bonds is 7. The monoisotopic (exact) mass is 396 g/mol. The number of nitrogens with zero attached hydrogens (tertiary/aromatic N) is 1. The standard InChI is InChI=1S/C24H32N2O3/c1-17-10-12-21(13-11-17)29-16-22(27)26(15-20-9-7-8-18(2)14-20)19(3)23(28)25-24(4,5)6/h7-14,19H,15-16H2,1-6H3,(H,25,28)/t19-/m0/s1. The first-order valence-corrected chi connectivity index (χ1v) is 9.91. The molecule has 2 aromatic carbocycles. The molecule has 0 fully saturated rings. The van der Waals surface area contributed by atoms with Crippen molar-refractivity contribution in [2.45, 2.75) is 59.7 Å². The molecule has 5 heteroatoms. The van der Waals surface area contributed by atoms with Gasteiger partial charge in [-0.25, -0.2) is 0 Å². The fraction of sp³-hybridized carbons (Fsp3) is 0.417. The van der Waals surface area contributed by atoms with Gasteiger partial charge in [-0.15, -0.1) is 0 Å². The van der Waals surface area contributed by atoms with E-state index in [2.05, 4.69) is 5.32 Å². The number of carbonyl (C=O) groups excluding carboxylic acids is 2. The molecular formula is C24H32N2O3. The summed E-state index contributed by atoms with van der Waals surface area (Å²) in [5, 5.41) is 2.96. The second-order valence-corrected chi connectivity index (χ2v) is 8.53. The van der Waals surface area contributed by atoms with E-state index in [0.717, 1.165) is 16.7 Å². The van der Waals surface area contributed by atoms with Crippen LogP contribution >= 0.6 is 0 Å². The van der Waals surface area contributed by atoms with E-state index < -0.39 is 6.04 Å². The number of aryl methyl sites for hydroxylation is 2. The van der Waals surface area contributed by atoms with Crippen LogP contribution in [-0.2, 0) is 16.1 Å². The van der Waals surface area contributed by atoms with Crippen LogP contribution in [-0.4, -0.2) is 34.9 Å². The van der Waals surface area contributed by atoms with Crippen molar-refractivity contribution >= 4 is 11.8 Å². The molecule has 0 aliphatic carbocycles. The largest absolute Gasteiger partial charge is 0.484 e. The Morgan fingerprint density at radius 2 is 1.69 bits per heavy atom. The van der Waals surface area contributed by atoms with Crippen molar-refractivity contribution in [3.05, 3.63) is 65.2 Å². The van der Waals surface area contributed by atoms with Crippen LogP contribution in [0, 0.1) is 13.8 Å². The zero-order chi connectivity index (χ0) is 21.6. The molecule has 1 N–H and O–H groups in total. The summed E-state index contributed by atoms with van der Waals surface area (Å²) in [6.45, 7) is 11.7. The number of nitrogens with one attached hydrogen (secondary N) is 1. The molecule has 2 amide bonds. The van der Waals surface area contributed by atoms with E-state index in [-0.39, 0.29) is 24.0 Å². The van der Waals surface area contributed by atoms with E-state index in [1.807, 2.05) is 83.1 Å². The third-order valence-corrected chi connectivity index (χ3v) is 4.48. The number of benzene rings is 2. The van der Waals surface area contributed by atoms with Crippen LogP contribution in [0.4, 0.5) is 0 Å². The first kappa shape index (κ1) is 22.5. The summed E-state index contributed by atoms with van der Waals surface area (Å²) < 4.78 is 5.67. The van der Waals surface area contributed by atoms with Crippen LogP contribution in [0.2, 0.25) is 0 Å². The quantitative estimate of drug-likeness (QED) is 0.769. The van der Waals surface area contributed by atoms with Crippen molar-refractivity contribution in [3.63, 3.8) is 0 Å². The van der Waals surface area contributed by atoms with E-state index in [0.29, 0.717) is 12.3 Å². The summed E-state index contributed by atoms with van der Waals surface area (Å²) in [6, 6.07) is 14.9. The van der Waals surface area contributed by atoms with Gasteiger partial charge in [0.2, 0.25) is 5.91 Å². The third-order valence-electron chi connectivity index (χ3n) is 4.48. The molecule has 0 bridgehead atoms. The van der Waals surface area contributed by atoms with E-state index in [4.69, 9.17) is 4.74 Å². The normalized spacial score (nSPS) is 12.2. The Hall–Kier alpha value is -2.82. The van der Waals surface area contributed by atoms with Crippen LogP contribution in [0.5, 0.6) is 5.75 Å². The van der Waals surface area contributed by atoms with Gasteiger partial charge in [0.25, 0.3) is 5.91 Å². The van der Waals surface area contributed by atoms with E-state index >= 15 is 0 Å². The zero-order valence-electron chi connectivity index (χ0n) is 18.3. The van der Waals surface area contributed by atoms with Gasteiger partial charge in [-0.2, -0.15) is 0 Å². The highest BCUT2D eigenvalue weighted by Crippen LogP contribution is 2.15. The average molecular weight is 397 g/mol. The molecule has 0 aromatic heterocycles. The number of hydrogen-bond donors (Lipinski definition) is 1. The Balaban J connectivity index is 2.16.